The van der Waals surface area contributed by atoms with Crippen molar-refractivity contribution >= 4 is 91.5 Å². The van der Waals surface area contributed by atoms with E-state index >= 15 is 0 Å². The summed E-state index contributed by atoms with van der Waals surface area (Å²) in [7, 11) is -8.01. The van der Waals surface area contributed by atoms with Gasteiger partial charge in [0.25, 0.3) is 20.2 Å². The van der Waals surface area contributed by atoms with Crippen molar-refractivity contribution in [1.82, 2.24) is 0 Å². The Morgan fingerprint density at radius 1 is 0.686 bits per heavy atom. The summed E-state index contributed by atoms with van der Waals surface area (Å²) in [6.45, 7) is 15.6. The van der Waals surface area contributed by atoms with Crippen molar-refractivity contribution in [2.75, 3.05) is 0 Å². The van der Waals surface area contributed by atoms with E-state index in [0.29, 0.717) is 0 Å². The van der Waals surface area contributed by atoms with Crippen LogP contribution in [-0.2, 0) is 20.2 Å². The van der Waals surface area contributed by atoms with E-state index in [1.54, 1.807) is 66.8 Å². The van der Waals surface area contributed by atoms with Gasteiger partial charge in [0, 0.05) is 0 Å². The van der Waals surface area contributed by atoms with Gasteiger partial charge in [-0.05, 0) is 30.2 Å². The van der Waals surface area contributed by atoms with Crippen LogP contribution in [0.25, 0.3) is 12.2 Å². The van der Waals surface area contributed by atoms with Gasteiger partial charge in [0.05, 0.1) is 10.8 Å². The second kappa shape index (κ2) is 24.4. The van der Waals surface area contributed by atoms with Crippen LogP contribution in [0.3, 0.4) is 0 Å². The standard InChI is InChI=1S/2C8H8O3S.C5H8.C4H6.2Na.2H/c2*9-12(10,11)7-6-8-4-2-1-3-5-8;1-4-5(2)3;1-3-4-2;;;;/h2*1-7H,(H,9,10,11);4H,1-2H2,3H3;3-4H,1-2H2;;;;. The van der Waals surface area contributed by atoms with Crippen LogP contribution in [0.15, 0.2) is 122 Å². The Bertz CT molecular complexity index is 1040. The molecule has 0 radical (unpaired) electrons. The van der Waals surface area contributed by atoms with Crippen molar-refractivity contribution < 1.29 is 25.9 Å². The number of allylic oxidation sites excluding steroid dienone is 4. The molecule has 0 aliphatic heterocycles. The monoisotopic (exact) mass is 538 g/mol. The van der Waals surface area contributed by atoms with E-state index in [0.717, 1.165) is 27.5 Å². The molecule has 0 unspecified atom stereocenters. The fourth-order valence-corrected chi connectivity index (χ4v) is 2.12. The topological polar surface area (TPSA) is 109 Å². The molecule has 6 nitrogen and oxygen atoms in total. The second-order valence-electron chi connectivity index (χ2n) is 5.98. The molecule has 0 amide bonds. The molecule has 0 saturated heterocycles. The molecule has 0 aliphatic rings. The number of rotatable bonds is 6. The van der Waals surface area contributed by atoms with Gasteiger partial charge in [-0.2, -0.15) is 16.8 Å². The van der Waals surface area contributed by atoms with Gasteiger partial charge in [0.1, 0.15) is 0 Å². The Labute approximate surface area is 254 Å². The van der Waals surface area contributed by atoms with E-state index in [-0.39, 0.29) is 59.1 Å². The fourth-order valence-electron chi connectivity index (χ4n) is 1.46. The molecule has 0 aliphatic carbocycles. The second-order valence-corrected chi connectivity index (χ2v) is 8.58. The third-order valence-corrected chi connectivity index (χ3v) is 3.94. The number of hydrogen-bond donors (Lipinski definition) is 2. The van der Waals surface area contributed by atoms with Crippen LogP contribution in [-0.4, -0.2) is 85.1 Å². The molecule has 0 fully saturated rings. The number of benzene rings is 2. The summed E-state index contributed by atoms with van der Waals surface area (Å²) in [4.78, 5) is 0. The van der Waals surface area contributed by atoms with E-state index in [9.17, 15) is 16.8 Å². The maximum absolute atomic E-state index is 10.3. The van der Waals surface area contributed by atoms with Crippen LogP contribution in [0.2, 0.25) is 0 Å². The van der Waals surface area contributed by atoms with Gasteiger partial charge < -0.3 is 0 Å². The van der Waals surface area contributed by atoms with Crippen LogP contribution in [0.4, 0.5) is 0 Å². The first-order chi connectivity index (χ1) is 15.3. The van der Waals surface area contributed by atoms with Crippen molar-refractivity contribution in [3.63, 3.8) is 0 Å². The van der Waals surface area contributed by atoms with Crippen LogP contribution in [0.5, 0.6) is 0 Å². The van der Waals surface area contributed by atoms with Crippen molar-refractivity contribution in [1.29, 1.82) is 0 Å². The molecule has 0 atom stereocenters. The summed E-state index contributed by atoms with van der Waals surface area (Å²) in [6.07, 6.45) is 7.66. The molecule has 182 valence electrons. The Kier molecular flexibility index (Phi) is 28.5. The predicted molar refractivity (Wildman–Crippen MR) is 154 cm³/mol. The van der Waals surface area contributed by atoms with Gasteiger partial charge in [0.15, 0.2) is 0 Å². The molecule has 35 heavy (non-hydrogen) atoms. The van der Waals surface area contributed by atoms with Crippen molar-refractivity contribution in [3.05, 3.63) is 133 Å². The van der Waals surface area contributed by atoms with Gasteiger partial charge in [0.2, 0.25) is 0 Å². The van der Waals surface area contributed by atoms with Crippen molar-refractivity contribution in [2.24, 2.45) is 0 Å². The van der Waals surface area contributed by atoms with Crippen LogP contribution in [0, 0.1) is 0 Å². The molecular weight excluding hydrogens is 506 g/mol. The summed E-state index contributed by atoms with van der Waals surface area (Å²) in [5.41, 5.74) is 2.48. The van der Waals surface area contributed by atoms with E-state index < -0.39 is 20.2 Å². The first kappa shape index (κ1) is 40.9. The van der Waals surface area contributed by atoms with Crippen molar-refractivity contribution in [3.8, 4) is 0 Å². The van der Waals surface area contributed by atoms with E-state index in [4.69, 9.17) is 9.11 Å². The van der Waals surface area contributed by atoms with E-state index in [1.165, 1.54) is 12.2 Å². The molecule has 2 N–H and O–H groups in total. The average Bonchev–Trinajstić information content (AvgIpc) is 2.78. The van der Waals surface area contributed by atoms with Crippen LogP contribution in [0.1, 0.15) is 18.1 Å². The molecule has 0 spiro atoms. The SMILES string of the molecule is C=CC(=C)C.C=CC=C.O=S(=O)(O)C=Cc1ccccc1.O=S(=O)(O)C=Cc1ccccc1.[NaH].[NaH]. The minimum atomic E-state index is -4.00. The molecule has 2 rings (SSSR count). The normalized spacial score (nSPS) is 9.80. The molecule has 10 heteroatoms. The maximum atomic E-state index is 10.3. The Morgan fingerprint density at radius 2 is 0.943 bits per heavy atom. The summed E-state index contributed by atoms with van der Waals surface area (Å²) >= 11 is 0. The molecule has 0 bridgehead atoms. The zero-order chi connectivity index (χ0) is 25.8. The molecular formula is C25H32Na2O6S2. The van der Waals surface area contributed by atoms with Crippen LogP contribution >= 0.6 is 0 Å². The Balaban J connectivity index is -0.000000197. The average molecular weight is 539 g/mol. The molecule has 0 saturated carbocycles. The van der Waals surface area contributed by atoms with Crippen molar-refractivity contribution in [2.45, 2.75) is 6.92 Å². The minimum absolute atomic E-state index is 0. The predicted octanol–water partition coefficient (Wildman–Crippen LogP) is 4.90. The quantitative estimate of drug-likeness (QED) is 0.308. The van der Waals surface area contributed by atoms with Gasteiger partial charge in [-0.15, -0.1) is 0 Å². The molecule has 0 heterocycles. The first-order valence-electron chi connectivity index (χ1n) is 9.27. The summed E-state index contributed by atoms with van der Waals surface area (Å²) in [5.74, 6) is 0. The summed E-state index contributed by atoms with van der Waals surface area (Å²) < 4.78 is 57.8. The first-order valence-corrected chi connectivity index (χ1v) is 12.3. The van der Waals surface area contributed by atoms with Gasteiger partial charge >= 0.3 is 59.1 Å². The zero-order valence-corrected chi connectivity index (χ0v) is 20.1. The third-order valence-electron chi connectivity index (χ3n) is 2.98. The van der Waals surface area contributed by atoms with Gasteiger partial charge in [-0.3, -0.25) is 9.11 Å². The zero-order valence-electron chi connectivity index (χ0n) is 18.5. The van der Waals surface area contributed by atoms with Gasteiger partial charge in [-0.25, -0.2) is 0 Å². The van der Waals surface area contributed by atoms with Gasteiger partial charge in [-0.1, -0.05) is 111 Å². The van der Waals surface area contributed by atoms with E-state index in [1.807, 2.05) is 19.1 Å². The molecule has 0 aromatic heterocycles. The third kappa shape index (κ3) is 34.9. The number of hydrogen-bond acceptors (Lipinski definition) is 4. The summed E-state index contributed by atoms with van der Waals surface area (Å²) in [5, 5.41) is 1.50. The fraction of sp³-hybridized carbons (Fsp3) is 0.0400. The summed E-state index contributed by atoms with van der Waals surface area (Å²) in [6, 6.07) is 17.7. The van der Waals surface area contributed by atoms with E-state index in [2.05, 4.69) is 26.3 Å². The molecule has 2 aromatic carbocycles. The molecule has 2 aromatic rings. The van der Waals surface area contributed by atoms with Crippen LogP contribution < -0.4 is 0 Å². The Morgan fingerprint density at radius 3 is 1.11 bits per heavy atom. The Hall–Kier alpha value is -1.30.